The Balaban J connectivity index is 1.39. The lowest BCUT2D eigenvalue weighted by Gasteiger charge is -2.14. The van der Waals surface area contributed by atoms with Gasteiger partial charge in [0, 0.05) is 23.5 Å². The molecule has 0 bridgehead atoms. The molecule has 11 heteroatoms. The molecule has 0 aliphatic carbocycles. The maximum Gasteiger partial charge on any atom is 0.335 e. The first-order valence-corrected chi connectivity index (χ1v) is 12.2. The lowest BCUT2D eigenvalue weighted by Crippen LogP contribution is -2.31. The molecule has 0 spiro atoms. The number of carboxylic acids is 1. The highest BCUT2D eigenvalue weighted by atomic mass is 32.2. The first kappa shape index (κ1) is 24.7. The average Bonchev–Trinajstić information content (AvgIpc) is 3.39. The van der Waals surface area contributed by atoms with Gasteiger partial charge in [0.15, 0.2) is 11.6 Å². The highest BCUT2D eigenvalue weighted by molar-refractivity contribution is 8.26. The van der Waals surface area contributed by atoms with Gasteiger partial charge >= 0.3 is 5.97 Å². The number of hydrogen-bond donors (Lipinski definition) is 2. The van der Waals surface area contributed by atoms with Gasteiger partial charge < -0.3 is 10.4 Å². The molecule has 1 aromatic heterocycles. The molecule has 178 valence electrons. The molecule has 2 aromatic carbocycles. The number of benzene rings is 2. The number of rotatable bonds is 7. The molecule has 1 fully saturated rings. The Kier molecular flexibility index (Phi) is 7.39. The molecule has 0 radical (unpaired) electrons. The number of amides is 2. The summed E-state index contributed by atoms with van der Waals surface area (Å²) in [6.45, 7) is 0.0665. The number of nitrogens with one attached hydrogen (secondary N) is 1. The third-order valence-electron chi connectivity index (χ3n) is 4.98. The molecule has 2 heterocycles. The van der Waals surface area contributed by atoms with Crippen LogP contribution in [0.2, 0.25) is 0 Å². The fourth-order valence-corrected chi connectivity index (χ4v) is 5.47. The fourth-order valence-electron chi connectivity index (χ4n) is 3.24. The third-order valence-corrected chi connectivity index (χ3v) is 7.23. The van der Waals surface area contributed by atoms with E-state index >= 15 is 0 Å². The number of aromatic carboxylic acids is 1. The lowest BCUT2D eigenvalue weighted by atomic mass is 10.1. The quantitative estimate of drug-likeness (QED) is 0.305. The van der Waals surface area contributed by atoms with Crippen LogP contribution < -0.4 is 5.32 Å². The van der Waals surface area contributed by atoms with Gasteiger partial charge in [0.25, 0.3) is 5.91 Å². The SMILES string of the molecule is O=C(CCN1C(=O)C(=Cc2cc(-c3ccc(F)c(F)c3)cs2)SC1=S)Nc1cccc(C(=O)O)c1. The molecule has 35 heavy (non-hydrogen) atoms. The second kappa shape index (κ2) is 10.5. The molecule has 0 unspecified atom stereocenters. The Hall–Kier alpha value is -3.41. The second-order valence-corrected chi connectivity index (χ2v) is 10.0. The van der Waals surface area contributed by atoms with E-state index in [4.69, 9.17) is 17.3 Å². The Morgan fingerprint density at radius 2 is 1.89 bits per heavy atom. The predicted molar refractivity (Wildman–Crippen MR) is 136 cm³/mol. The van der Waals surface area contributed by atoms with Crippen LogP contribution in [0.4, 0.5) is 14.5 Å². The van der Waals surface area contributed by atoms with Crippen molar-refractivity contribution in [1.82, 2.24) is 4.90 Å². The molecule has 3 aromatic rings. The molecule has 6 nitrogen and oxygen atoms in total. The van der Waals surface area contributed by atoms with Crippen molar-refractivity contribution in [3.63, 3.8) is 0 Å². The Bertz CT molecular complexity index is 1390. The topological polar surface area (TPSA) is 86.7 Å². The van der Waals surface area contributed by atoms with Crippen LogP contribution in [0.1, 0.15) is 21.7 Å². The van der Waals surface area contributed by atoms with Crippen molar-refractivity contribution in [2.24, 2.45) is 0 Å². The number of thiocarbonyl (C=S) groups is 1. The largest absolute Gasteiger partial charge is 0.478 e. The van der Waals surface area contributed by atoms with Crippen LogP contribution in [-0.4, -0.2) is 38.7 Å². The normalized spacial score (nSPS) is 14.6. The smallest absolute Gasteiger partial charge is 0.335 e. The highest BCUT2D eigenvalue weighted by Gasteiger charge is 2.32. The molecule has 4 rings (SSSR count). The van der Waals surface area contributed by atoms with Crippen LogP contribution >= 0.6 is 35.3 Å². The van der Waals surface area contributed by atoms with Crippen LogP contribution in [0, 0.1) is 11.6 Å². The molecule has 2 N–H and O–H groups in total. The number of nitrogens with zero attached hydrogens (tertiary/aromatic N) is 1. The average molecular weight is 531 g/mol. The number of thiophene rings is 1. The van der Waals surface area contributed by atoms with Crippen molar-refractivity contribution in [2.75, 3.05) is 11.9 Å². The van der Waals surface area contributed by atoms with E-state index in [1.165, 1.54) is 40.5 Å². The van der Waals surface area contributed by atoms with Gasteiger partial charge in [-0.2, -0.15) is 0 Å². The maximum absolute atomic E-state index is 13.5. The van der Waals surface area contributed by atoms with Gasteiger partial charge in [-0.1, -0.05) is 36.1 Å². The number of halogens is 2. The van der Waals surface area contributed by atoms with Crippen molar-refractivity contribution in [1.29, 1.82) is 0 Å². The molecule has 0 saturated carbocycles. The summed E-state index contributed by atoms with van der Waals surface area (Å²) in [4.78, 5) is 38.7. The standard InChI is InChI=1S/C24H16F2N2O4S3/c25-18-5-4-13(10-19(18)26)15-9-17(34-12-15)11-20-22(30)28(24(33)35-20)7-6-21(29)27-16-3-1-2-14(8-16)23(31)32/h1-5,8-12H,6-7H2,(H,27,29)(H,31,32). The van der Waals surface area contributed by atoms with E-state index in [-0.39, 0.29) is 30.3 Å². The van der Waals surface area contributed by atoms with E-state index in [2.05, 4.69) is 5.32 Å². The lowest BCUT2D eigenvalue weighted by molar-refractivity contribution is -0.122. The van der Waals surface area contributed by atoms with E-state index in [1.807, 2.05) is 0 Å². The van der Waals surface area contributed by atoms with Gasteiger partial charge in [-0.15, -0.1) is 11.3 Å². The molecule has 1 aliphatic heterocycles. The van der Waals surface area contributed by atoms with Crippen LogP contribution in [0.15, 0.2) is 58.8 Å². The zero-order valence-electron chi connectivity index (χ0n) is 17.8. The van der Waals surface area contributed by atoms with Gasteiger partial charge in [-0.3, -0.25) is 14.5 Å². The van der Waals surface area contributed by atoms with Crippen LogP contribution in [-0.2, 0) is 9.59 Å². The Morgan fingerprint density at radius 3 is 2.63 bits per heavy atom. The summed E-state index contributed by atoms with van der Waals surface area (Å²) in [5.41, 5.74) is 1.60. The van der Waals surface area contributed by atoms with E-state index in [0.29, 0.717) is 26.0 Å². The van der Waals surface area contributed by atoms with Crippen LogP contribution in [0.3, 0.4) is 0 Å². The minimum Gasteiger partial charge on any atom is -0.478 e. The van der Waals surface area contributed by atoms with Gasteiger partial charge in [-0.05, 0) is 59.0 Å². The Labute approximate surface area is 212 Å². The van der Waals surface area contributed by atoms with Gasteiger partial charge in [-0.25, -0.2) is 13.6 Å². The third kappa shape index (κ3) is 5.81. The van der Waals surface area contributed by atoms with Crippen LogP contribution in [0.25, 0.3) is 17.2 Å². The number of carboxylic acid groups (broad SMARTS) is 1. The molecular weight excluding hydrogens is 514 g/mol. The minimum atomic E-state index is -1.10. The summed E-state index contributed by atoms with van der Waals surface area (Å²) in [7, 11) is 0. The van der Waals surface area contributed by atoms with E-state index in [0.717, 1.165) is 28.8 Å². The van der Waals surface area contributed by atoms with E-state index in [1.54, 1.807) is 23.6 Å². The number of carbonyl (C=O) groups excluding carboxylic acids is 2. The molecular formula is C24H16F2N2O4S3. The van der Waals surface area contributed by atoms with Crippen molar-refractivity contribution < 1.29 is 28.3 Å². The zero-order chi connectivity index (χ0) is 25.1. The summed E-state index contributed by atoms with van der Waals surface area (Å²) >= 11 is 7.76. The Morgan fingerprint density at radius 1 is 1.09 bits per heavy atom. The summed E-state index contributed by atoms with van der Waals surface area (Å²) in [5.74, 6) is -3.68. The zero-order valence-corrected chi connectivity index (χ0v) is 20.2. The van der Waals surface area contributed by atoms with Gasteiger partial charge in [0.05, 0.1) is 10.5 Å². The van der Waals surface area contributed by atoms with Crippen molar-refractivity contribution in [3.05, 3.63) is 80.9 Å². The summed E-state index contributed by atoms with van der Waals surface area (Å²) in [6, 6.07) is 11.3. The number of carbonyl (C=O) groups is 3. The minimum absolute atomic E-state index is 0.0314. The van der Waals surface area contributed by atoms with Gasteiger partial charge in [0.1, 0.15) is 4.32 Å². The van der Waals surface area contributed by atoms with Crippen molar-refractivity contribution in [3.8, 4) is 11.1 Å². The first-order chi connectivity index (χ1) is 16.7. The fraction of sp³-hybridized carbons (Fsp3) is 0.0833. The second-order valence-electron chi connectivity index (χ2n) is 7.38. The highest BCUT2D eigenvalue weighted by Crippen LogP contribution is 2.35. The number of anilines is 1. The van der Waals surface area contributed by atoms with Crippen molar-refractivity contribution >= 4 is 69.2 Å². The molecule has 1 aliphatic rings. The maximum atomic E-state index is 13.5. The van der Waals surface area contributed by atoms with Crippen molar-refractivity contribution in [2.45, 2.75) is 6.42 Å². The molecule has 1 saturated heterocycles. The van der Waals surface area contributed by atoms with Gasteiger partial charge in [0.2, 0.25) is 5.91 Å². The van der Waals surface area contributed by atoms with Crippen LogP contribution in [0.5, 0.6) is 0 Å². The number of hydrogen-bond acceptors (Lipinski definition) is 6. The summed E-state index contributed by atoms with van der Waals surface area (Å²) in [6.07, 6.45) is 1.64. The van der Waals surface area contributed by atoms with E-state index in [9.17, 15) is 23.2 Å². The molecule has 2 amide bonds. The monoisotopic (exact) mass is 530 g/mol. The summed E-state index contributed by atoms with van der Waals surface area (Å²) in [5, 5.41) is 13.4. The van der Waals surface area contributed by atoms with E-state index < -0.39 is 17.6 Å². The summed E-state index contributed by atoms with van der Waals surface area (Å²) < 4.78 is 27.0. The number of thioether (sulfide) groups is 1. The first-order valence-electron chi connectivity index (χ1n) is 10.1. The predicted octanol–water partition coefficient (Wildman–Crippen LogP) is 5.62. The molecule has 0 atom stereocenters.